The summed E-state index contributed by atoms with van der Waals surface area (Å²) in [6.45, 7) is 3.93. The minimum absolute atomic E-state index is 0.373. The highest BCUT2D eigenvalue weighted by Gasteiger charge is 2.37. The molecule has 132 valence electrons. The van der Waals surface area contributed by atoms with E-state index in [9.17, 15) is 8.42 Å². The molecule has 2 aromatic carbocycles. The molecule has 2 atom stereocenters. The van der Waals surface area contributed by atoms with Gasteiger partial charge in [-0.1, -0.05) is 12.1 Å². The molecule has 0 aliphatic carbocycles. The third-order valence-corrected chi connectivity index (χ3v) is 7.35. The van der Waals surface area contributed by atoms with Crippen LogP contribution >= 0.6 is 0 Å². The van der Waals surface area contributed by atoms with E-state index in [4.69, 9.17) is 0 Å². The van der Waals surface area contributed by atoms with Gasteiger partial charge in [-0.3, -0.25) is 0 Å². The number of hydrogen-bond acceptors (Lipinski definition) is 4. The highest BCUT2D eigenvalue weighted by atomic mass is 32.2. The van der Waals surface area contributed by atoms with Gasteiger partial charge in [-0.2, -0.15) is 0 Å². The van der Waals surface area contributed by atoms with Crippen molar-refractivity contribution in [2.45, 2.75) is 41.5 Å². The second-order valence-corrected chi connectivity index (χ2v) is 9.10. The molecule has 2 aliphatic heterocycles. The van der Waals surface area contributed by atoms with Crippen LogP contribution in [0.2, 0.25) is 0 Å². The Morgan fingerprint density at radius 2 is 1.80 bits per heavy atom. The maximum atomic E-state index is 13.1. The maximum Gasteiger partial charge on any atom is 0.206 e. The minimum atomic E-state index is -3.48. The van der Waals surface area contributed by atoms with Crippen LogP contribution in [0.5, 0.6) is 0 Å². The van der Waals surface area contributed by atoms with E-state index in [0.717, 1.165) is 31.5 Å². The number of aryl methyl sites for hydroxylation is 1. The molecule has 1 fully saturated rings. The van der Waals surface area contributed by atoms with Crippen molar-refractivity contribution in [2.24, 2.45) is 0 Å². The van der Waals surface area contributed by atoms with E-state index in [-0.39, 0.29) is 0 Å². The number of nitrogens with zero attached hydrogens (tertiary/aromatic N) is 1. The normalized spacial score (nSPS) is 23.0. The van der Waals surface area contributed by atoms with E-state index < -0.39 is 9.84 Å². The Bertz CT molecular complexity index is 908. The lowest BCUT2D eigenvalue weighted by atomic mass is 9.91. The first-order valence-electron chi connectivity index (χ1n) is 8.88. The lowest BCUT2D eigenvalue weighted by Crippen LogP contribution is -2.30. The minimum Gasteiger partial charge on any atom is -0.371 e. The number of hydrogen-bond donors (Lipinski definition) is 1. The number of likely N-dealkylation sites (N-methyl/N-ethyl adjacent to an activating group) is 1. The maximum absolute atomic E-state index is 13.1. The molecule has 1 saturated heterocycles. The van der Waals surface area contributed by atoms with Crippen LogP contribution in [0, 0.1) is 6.92 Å². The summed E-state index contributed by atoms with van der Waals surface area (Å²) in [4.78, 5) is 3.11. The Kier molecular flexibility index (Phi) is 4.08. The van der Waals surface area contributed by atoms with Gasteiger partial charge in [0.15, 0.2) is 0 Å². The van der Waals surface area contributed by atoms with E-state index in [0.29, 0.717) is 21.8 Å². The lowest BCUT2D eigenvalue weighted by Gasteiger charge is -2.24. The van der Waals surface area contributed by atoms with Crippen molar-refractivity contribution in [1.82, 2.24) is 5.32 Å². The van der Waals surface area contributed by atoms with Gasteiger partial charge in [-0.15, -0.1) is 0 Å². The molecule has 1 N–H and O–H groups in total. The number of sulfone groups is 1. The van der Waals surface area contributed by atoms with Gasteiger partial charge in [0.1, 0.15) is 0 Å². The molecule has 0 bridgehead atoms. The molecule has 4 rings (SSSR count). The summed E-state index contributed by atoms with van der Waals surface area (Å²) in [6, 6.07) is 13.3. The molecule has 5 heteroatoms. The quantitative estimate of drug-likeness (QED) is 0.898. The molecule has 0 aromatic heterocycles. The van der Waals surface area contributed by atoms with Gasteiger partial charge in [-0.25, -0.2) is 8.42 Å². The fourth-order valence-corrected chi connectivity index (χ4v) is 5.67. The Morgan fingerprint density at radius 1 is 1.04 bits per heavy atom. The van der Waals surface area contributed by atoms with Gasteiger partial charge in [0, 0.05) is 24.7 Å². The zero-order valence-electron chi connectivity index (χ0n) is 14.7. The predicted octanol–water partition coefficient (Wildman–Crippen LogP) is 3.11. The Hall–Kier alpha value is -1.85. The molecular weight excluding hydrogens is 332 g/mol. The summed E-state index contributed by atoms with van der Waals surface area (Å²) in [7, 11) is -1.35. The molecule has 2 heterocycles. The predicted molar refractivity (Wildman–Crippen MR) is 100 cm³/mol. The summed E-state index contributed by atoms with van der Waals surface area (Å²) >= 11 is 0. The van der Waals surface area contributed by atoms with Crippen molar-refractivity contribution in [3.63, 3.8) is 0 Å². The number of benzene rings is 2. The van der Waals surface area contributed by atoms with Gasteiger partial charge in [0.25, 0.3) is 0 Å². The van der Waals surface area contributed by atoms with Crippen LogP contribution < -0.4 is 10.2 Å². The van der Waals surface area contributed by atoms with E-state index in [2.05, 4.69) is 17.3 Å². The van der Waals surface area contributed by atoms with E-state index in [1.54, 1.807) is 24.3 Å². The van der Waals surface area contributed by atoms with Crippen LogP contribution in [0.25, 0.3) is 0 Å². The summed E-state index contributed by atoms with van der Waals surface area (Å²) in [6.07, 6.45) is 2.14. The standard InChI is InChI=1S/C20H24N2O2S/c1-14-4-3-5-15(12-14)25(23,24)16-6-7-19-18(13-16)17-8-10-21-11-9-20(17)22(19)2/h3-7,12-13,17,20-21H,8-11H2,1-2H3/t17-,20-/m0/s1. The first-order valence-corrected chi connectivity index (χ1v) is 10.4. The van der Waals surface area contributed by atoms with Crippen molar-refractivity contribution < 1.29 is 8.42 Å². The number of anilines is 1. The smallest absolute Gasteiger partial charge is 0.206 e. The number of rotatable bonds is 2. The lowest BCUT2D eigenvalue weighted by molar-refractivity contribution is 0.531. The zero-order valence-corrected chi connectivity index (χ0v) is 15.5. The van der Waals surface area contributed by atoms with E-state index in [1.807, 2.05) is 25.1 Å². The van der Waals surface area contributed by atoms with Crippen molar-refractivity contribution in [3.05, 3.63) is 53.6 Å². The van der Waals surface area contributed by atoms with Crippen LogP contribution in [0.15, 0.2) is 52.3 Å². The molecule has 2 aromatic rings. The monoisotopic (exact) mass is 356 g/mol. The van der Waals surface area contributed by atoms with Crippen molar-refractivity contribution in [3.8, 4) is 0 Å². The van der Waals surface area contributed by atoms with Crippen LogP contribution in [0.3, 0.4) is 0 Å². The van der Waals surface area contributed by atoms with E-state index in [1.165, 1.54) is 11.3 Å². The highest BCUT2D eigenvalue weighted by molar-refractivity contribution is 7.91. The second kappa shape index (κ2) is 6.15. The van der Waals surface area contributed by atoms with Gasteiger partial charge in [0.2, 0.25) is 9.84 Å². The average Bonchev–Trinajstić information content (AvgIpc) is 2.77. The molecule has 0 spiro atoms. The summed E-state index contributed by atoms with van der Waals surface area (Å²) in [5.74, 6) is 0.405. The van der Waals surface area contributed by atoms with Gasteiger partial charge in [-0.05, 0) is 74.3 Å². The van der Waals surface area contributed by atoms with Crippen LogP contribution in [-0.2, 0) is 9.84 Å². The zero-order chi connectivity index (χ0) is 17.6. The molecular formula is C20H24N2O2S. The van der Waals surface area contributed by atoms with E-state index >= 15 is 0 Å². The fourth-order valence-electron chi connectivity index (χ4n) is 4.27. The van der Waals surface area contributed by atoms with Crippen molar-refractivity contribution in [2.75, 3.05) is 25.0 Å². The summed E-state index contributed by atoms with van der Waals surface area (Å²) in [5, 5.41) is 3.46. The van der Waals surface area contributed by atoms with Crippen LogP contribution in [-0.4, -0.2) is 34.6 Å². The summed E-state index contributed by atoms with van der Waals surface area (Å²) < 4.78 is 26.1. The van der Waals surface area contributed by atoms with Crippen LogP contribution in [0.1, 0.15) is 29.9 Å². The molecule has 0 radical (unpaired) electrons. The molecule has 2 aliphatic rings. The van der Waals surface area contributed by atoms with Crippen LogP contribution in [0.4, 0.5) is 5.69 Å². The van der Waals surface area contributed by atoms with Gasteiger partial charge >= 0.3 is 0 Å². The third kappa shape index (κ3) is 2.75. The largest absolute Gasteiger partial charge is 0.371 e. The SMILES string of the molecule is Cc1cccc(S(=O)(=O)c2ccc3c(c2)[C@@H]2CCNCC[C@@H]2N3C)c1. The number of nitrogens with one attached hydrogen (secondary N) is 1. The molecule has 25 heavy (non-hydrogen) atoms. The third-order valence-electron chi connectivity index (χ3n) is 5.60. The van der Waals surface area contributed by atoms with Gasteiger partial charge < -0.3 is 10.2 Å². The van der Waals surface area contributed by atoms with Crippen molar-refractivity contribution in [1.29, 1.82) is 0 Å². The van der Waals surface area contributed by atoms with Crippen molar-refractivity contribution >= 4 is 15.5 Å². The van der Waals surface area contributed by atoms with Gasteiger partial charge in [0.05, 0.1) is 9.79 Å². The Morgan fingerprint density at radius 3 is 2.60 bits per heavy atom. The second-order valence-electron chi connectivity index (χ2n) is 7.15. The summed E-state index contributed by atoms with van der Waals surface area (Å²) in [5.41, 5.74) is 3.32. The molecule has 0 amide bonds. The average molecular weight is 356 g/mol. The fraction of sp³-hybridized carbons (Fsp3) is 0.400. The first-order chi connectivity index (χ1) is 12.0. The molecule has 4 nitrogen and oxygen atoms in total. The Labute approximate surface area is 149 Å². The first kappa shape index (κ1) is 16.6. The topological polar surface area (TPSA) is 49.4 Å². The Balaban J connectivity index is 1.78. The molecule has 0 saturated carbocycles. The number of fused-ring (bicyclic) bond motifs is 3. The molecule has 0 unspecified atom stereocenters. The highest BCUT2D eigenvalue weighted by Crippen LogP contribution is 2.44.